The first kappa shape index (κ1) is 24.7. The number of nitrogens with one attached hydrogen (secondary N) is 1. The van der Waals surface area contributed by atoms with Gasteiger partial charge in [-0.1, -0.05) is 46.6 Å². The smallest absolute Gasteiger partial charge is 0.130 e. The Hall–Kier alpha value is -2.27. The third-order valence-electron chi connectivity index (χ3n) is 3.61. The Bertz CT molecular complexity index is 675. The molecule has 150 valence electrons. The Morgan fingerprint density at radius 2 is 1.74 bits per heavy atom. The molecule has 5 heteroatoms. The molecule has 2 aromatic rings. The predicted molar refractivity (Wildman–Crippen MR) is 111 cm³/mol. The second-order valence-corrected chi connectivity index (χ2v) is 5.95. The first-order valence-corrected chi connectivity index (χ1v) is 9.51. The van der Waals surface area contributed by atoms with E-state index in [1.807, 2.05) is 12.3 Å². The number of carbonyl (C=O) groups excluding carboxylic acids is 1. The third-order valence-corrected chi connectivity index (χ3v) is 3.61. The van der Waals surface area contributed by atoms with Crippen LogP contribution in [0.1, 0.15) is 57.2 Å². The average Bonchev–Trinajstić information content (AvgIpc) is 2.68. The van der Waals surface area contributed by atoms with Crippen molar-refractivity contribution in [3.05, 3.63) is 53.0 Å². The van der Waals surface area contributed by atoms with Gasteiger partial charge in [0.2, 0.25) is 0 Å². The molecule has 0 saturated heterocycles. The Balaban J connectivity index is 0.00000123. The molecule has 0 saturated carbocycles. The van der Waals surface area contributed by atoms with E-state index in [9.17, 15) is 9.18 Å². The summed E-state index contributed by atoms with van der Waals surface area (Å²) in [7, 11) is 1.00. The fourth-order valence-electron chi connectivity index (χ4n) is 2.45. The number of hydrogen-bond donors (Lipinski definition) is 2. The van der Waals surface area contributed by atoms with Crippen LogP contribution in [-0.2, 0) is 24.1 Å². The fourth-order valence-corrected chi connectivity index (χ4v) is 2.45. The summed E-state index contributed by atoms with van der Waals surface area (Å²) in [5, 5.41) is 10.1. The Labute approximate surface area is 162 Å². The lowest BCUT2D eigenvalue weighted by molar-refractivity contribution is -0.107. The van der Waals surface area contributed by atoms with Crippen LogP contribution in [0.4, 0.5) is 15.9 Å². The van der Waals surface area contributed by atoms with E-state index >= 15 is 0 Å². The molecule has 2 rings (SSSR count). The van der Waals surface area contributed by atoms with E-state index < -0.39 is 0 Å². The number of hydrogen-bond acceptors (Lipinski definition) is 4. The zero-order valence-electron chi connectivity index (χ0n) is 17.2. The van der Waals surface area contributed by atoms with E-state index in [-0.39, 0.29) is 12.2 Å². The molecule has 0 radical (unpaired) electrons. The lowest BCUT2D eigenvalue weighted by Gasteiger charge is -2.11. The molecule has 27 heavy (non-hydrogen) atoms. The number of benzene rings is 1. The van der Waals surface area contributed by atoms with Crippen LogP contribution in [0, 0.1) is 5.82 Å². The molecule has 2 N–H and O–H groups in total. The molecule has 0 atom stereocenters. The van der Waals surface area contributed by atoms with Crippen molar-refractivity contribution in [1.82, 2.24) is 4.98 Å². The predicted octanol–water partition coefficient (Wildman–Crippen LogP) is 5.25. The summed E-state index contributed by atoms with van der Waals surface area (Å²) in [5.74, 6) is 0.328. The summed E-state index contributed by atoms with van der Waals surface area (Å²) in [6.45, 7) is 8.52. The molecule has 0 amide bonds. The number of nitrogens with zero attached hydrogens (tertiary/aromatic N) is 1. The Morgan fingerprint density at radius 1 is 1.07 bits per heavy atom. The summed E-state index contributed by atoms with van der Waals surface area (Å²) in [6, 6.07) is 6.79. The van der Waals surface area contributed by atoms with Crippen molar-refractivity contribution in [2.45, 2.75) is 59.8 Å². The van der Waals surface area contributed by atoms with Crippen LogP contribution >= 0.6 is 0 Å². The number of halogens is 1. The summed E-state index contributed by atoms with van der Waals surface area (Å²) < 4.78 is 13.8. The zero-order chi connectivity index (χ0) is 20.7. The third kappa shape index (κ3) is 8.78. The van der Waals surface area contributed by atoms with Crippen LogP contribution < -0.4 is 5.32 Å². The number of pyridine rings is 1. The van der Waals surface area contributed by atoms with Gasteiger partial charge in [0.15, 0.2) is 0 Å². The van der Waals surface area contributed by atoms with Crippen LogP contribution in [0.2, 0.25) is 0 Å². The summed E-state index contributed by atoms with van der Waals surface area (Å²) in [5.41, 5.74) is 3.56. The maximum Gasteiger partial charge on any atom is 0.130 e. The maximum absolute atomic E-state index is 13.8. The highest BCUT2D eigenvalue weighted by Crippen LogP contribution is 2.21. The quantitative estimate of drug-likeness (QED) is 0.648. The van der Waals surface area contributed by atoms with Crippen molar-refractivity contribution in [2.24, 2.45) is 0 Å². The Morgan fingerprint density at radius 3 is 2.26 bits per heavy atom. The van der Waals surface area contributed by atoms with Crippen LogP contribution in [0.15, 0.2) is 30.5 Å². The molecule has 0 spiro atoms. The number of aryl methyl sites for hydroxylation is 2. The first-order chi connectivity index (χ1) is 13.1. The number of aliphatic hydroxyl groups excluding tert-OH is 1. The molecule has 1 aromatic heterocycles. The van der Waals surface area contributed by atoms with E-state index in [1.165, 1.54) is 23.6 Å². The van der Waals surface area contributed by atoms with Crippen LogP contribution in [0.5, 0.6) is 0 Å². The lowest BCUT2D eigenvalue weighted by Crippen LogP contribution is -2.00. The normalized spacial score (nSPS) is 9.44. The number of carbonyl (C=O) groups is 1. The van der Waals surface area contributed by atoms with Crippen molar-refractivity contribution in [3.63, 3.8) is 0 Å². The average molecular weight is 377 g/mol. The van der Waals surface area contributed by atoms with Gasteiger partial charge in [0.25, 0.3) is 0 Å². The summed E-state index contributed by atoms with van der Waals surface area (Å²) in [4.78, 5) is 14.9. The minimum absolute atomic E-state index is 0.0933. The molecule has 0 aliphatic carbocycles. The standard InChI is InChI=1S/C18H21FN2O.C3H8.CH4O/c1-3-5-15-12-20-18(10-13(15)4-2)21-16-7-6-14(8-9-22)17(19)11-16;1-3-2;1-2/h6-7,9-12H,3-5,8H2,1-2H3,(H,20,21);3H2,1-2H3;2H,1H3. The van der Waals surface area contributed by atoms with Gasteiger partial charge < -0.3 is 15.2 Å². The molecule has 4 nitrogen and oxygen atoms in total. The minimum atomic E-state index is -0.379. The number of anilines is 2. The van der Waals surface area contributed by atoms with Crippen molar-refractivity contribution in [1.29, 1.82) is 0 Å². The molecule has 0 bridgehead atoms. The Kier molecular flexibility index (Phi) is 13.6. The molecule has 1 heterocycles. The van der Waals surface area contributed by atoms with Gasteiger partial charge in [-0.3, -0.25) is 0 Å². The van der Waals surface area contributed by atoms with E-state index in [4.69, 9.17) is 5.11 Å². The van der Waals surface area contributed by atoms with Crippen LogP contribution in [0.25, 0.3) is 0 Å². The highest BCUT2D eigenvalue weighted by atomic mass is 19.1. The second-order valence-electron chi connectivity index (χ2n) is 5.95. The number of rotatable bonds is 7. The molecular weight excluding hydrogens is 343 g/mol. The summed E-state index contributed by atoms with van der Waals surface area (Å²) >= 11 is 0. The molecule has 0 fully saturated rings. The first-order valence-electron chi connectivity index (χ1n) is 9.51. The number of aromatic nitrogens is 1. The lowest BCUT2D eigenvalue weighted by atomic mass is 10.0. The monoisotopic (exact) mass is 376 g/mol. The molecule has 0 aliphatic rings. The highest BCUT2D eigenvalue weighted by Gasteiger charge is 2.06. The van der Waals surface area contributed by atoms with Crippen molar-refractivity contribution < 1.29 is 14.3 Å². The van der Waals surface area contributed by atoms with Gasteiger partial charge in [-0.2, -0.15) is 0 Å². The van der Waals surface area contributed by atoms with Gasteiger partial charge in [0.1, 0.15) is 17.9 Å². The fraction of sp³-hybridized carbons (Fsp3) is 0.455. The topological polar surface area (TPSA) is 62.2 Å². The van der Waals surface area contributed by atoms with E-state index in [2.05, 4.69) is 38.0 Å². The van der Waals surface area contributed by atoms with Gasteiger partial charge in [-0.05, 0) is 47.7 Å². The molecular formula is C22H33FN2O2. The van der Waals surface area contributed by atoms with Crippen molar-refractivity contribution >= 4 is 17.8 Å². The van der Waals surface area contributed by atoms with Crippen molar-refractivity contribution in [2.75, 3.05) is 12.4 Å². The molecule has 0 aliphatic heterocycles. The number of aliphatic hydroxyl groups is 1. The highest BCUT2D eigenvalue weighted by molar-refractivity contribution is 5.60. The SMILES string of the molecule is CCC.CCCc1cnc(Nc2ccc(CC=O)c(F)c2)cc1CC.CO. The molecule has 0 unspecified atom stereocenters. The van der Waals surface area contributed by atoms with Gasteiger partial charge in [0.05, 0.1) is 0 Å². The minimum Gasteiger partial charge on any atom is -0.400 e. The van der Waals surface area contributed by atoms with E-state index in [0.29, 0.717) is 23.4 Å². The van der Waals surface area contributed by atoms with E-state index in [1.54, 1.807) is 12.1 Å². The van der Waals surface area contributed by atoms with Crippen LogP contribution in [-0.4, -0.2) is 23.5 Å². The number of aldehydes is 1. The van der Waals surface area contributed by atoms with Gasteiger partial charge in [-0.15, -0.1) is 0 Å². The van der Waals surface area contributed by atoms with Crippen LogP contribution in [0.3, 0.4) is 0 Å². The molecule has 1 aromatic carbocycles. The maximum atomic E-state index is 13.8. The van der Waals surface area contributed by atoms with E-state index in [0.717, 1.165) is 26.4 Å². The van der Waals surface area contributed by atoms with Gasteiger partial charge >= 0.3 is 0 Å². The summed E-state index contributed by atoms with van der Waals surface area (Å²) in [6.07, 6.45) is 6.99. The largest absolute Gasteiger partial charge is 0.400 e. The zero-order valence-corrected chi connectivity index (χ0v) is 17.2. The second kappa shape index (κ2) is 14.9. The van der Waals surface area contributed by atoms with Gasteiger partial charge in [0, 0.05) is 25.4 Å². The van der Waals surface area contributed by atoms with Crippen molar-refractivity contribution in [3.8, 4) is 0 Å². The van der Waals surface area contributed by atoms with Gasteiger partial charge in [-0.25, -0.2) is 9.37 Å².